The zero-order valence-electron chi connectivity index (χ0n) is 12.1. The van der Waals surface area contributed by atoms with Crippen LogP contribution in [0.2, 0.25) is 0 Å². The van der Waals surface area contributed by atoms with Crippen molar-refractivity contribution in [2.24, 2.45) is 10.9 Å². The van der Waals surface area contributed by atoms with Gasteiger partial charge in [-0.15, -0.1) is 0 Å². The molecule has 0 bridgehead atoms. The Bertz CT molecular complexity index is 447. The van der Waals surface area contributed by atoms with Gasteiger partial charge in [0.25, 0.3) is 0 Å². The molecule has 6 heteroatoms. The number of hydrogen-bond acceptors (Lipinski definition) is 4. The summed E-state index contributed by atoms with van der Waals surface area (Å²) >= 11 is 0. The van der Waals surface area contributed by atoms with E-state index in [1.807, 2.05) is 0 Å². The molecule has 1 rings (SSSR count). The van der Waals surface area contributed by atoms with Crippen molar-refractivity contribution in [3.05, 3.63) is 35.1 Å². The van der Waals surface area contributed by atoms with Crippen molar-refractivity contribution in [3.63, 3.8) is 0 Å². The SMILES string of the molecule is CCN(CC)CCNCc1cc(F)cc(/C(N)=N/O)c1. The lowest BCUT2D eigenvalue weighted by Gasteiger charge is -2.18. The summed E-state index contributed by atoms with van der Waals surface area (Å²) in [6.45, 7) is 8.62. The third-order valence-electron chi connectivity index (χ3n) is 3.19. The standard InChI is InChI=1S/C14H23FN4O/c1-3-19(4-2)6-5-17-10-11-7-12(14(16)18-20)9-13(15)8-11/h7-9,17,20H,3-6,10H2,1-2H3,(H2,16,18). The topological polar surface area (TPSA) is 73.9 Å². The molecule has 0 spiro atoms. The van der Waals surface area contributed by atoms with Crippen LogP contribution in [0.4, 0.5) is 4.39 Å². The largest absolute Gasteiger partial charge is 0.409 e. The first-order valence-electron chi connectivity index (χ1n) is 6.81. The van der Waals surface area contributed by atoms with Crippen molar-refractivity contribution < 1.29 is 9.60 Å². The van der Waals surface area contributed by atoms with E-state index in [-0.39, 0.29) is 5.84 Å². The van der Waals surface area contributed by atoms with Crippen LogP contribution < -0.4 is 11.1 Å². The first-order chi connectivity index (χ1) is 9.60. The van der Waals surface area contributed by atoms with Gasteiger partial charge in [0.1, 0.15) is 5.82 Å². The lowest BCUT2D eigenvalue weighted by molar-refractivity contribution is 0.302. The predicted octanol–water partition coefficient (Wildman–Crippen LogP) is 1.35. The average Bonchev–Trinajstić information content (AvgIpc) is 2.46. The minimum atomic E-state index is -0.394. The maximum atomic E-state index is 13.4. The second kappa shape index (κ2) is 8.50. The number of likely N-dealkylation sites (N-methyl/N-ethyl adjacent to an activating group) is 1. The third kappa shape index (κ3) is 5.14. The van der Waals surface area contributed by atoms with Gasteiger partial charge >= 0.3 is 0 Å². The fourth-order valence-electron chi connectivity index (χ4n) is 1.97. The molecule has 0 aliphatic rings. The molecule has 1 aromatic carbocycles. The molecule has 1 aromatic rings. The van der Waals surface area contributed by atoms with Crippen molar-refractivity contribution in [1.29, 1.82) is 0 Å². The molecule has 0 saturated carbocycles. The van der Waals surface area contributed by atoms with Crippen LogP contribution in [0, 0.1) is 5.82 Å². The Labute approximate surface area is 119 Å². The van der Waals surface area contributed by atoms with Crippen LogP contribution in [0.1, 0.15) is 25.0 Å². The fraction of sp³-hybridized carbons (Fsp3) is 0.500. The number of nitrogens with one attached hydrogen (secondary N) is 1. The van der Waals surface area contributed by atoms with Gasteiger partial charge in [-0.2, -0.15) is 0 Å². The molecule has 20 heavy (non-hydrogen) atoms. The number of nitrogens with zero attached hydrogens (tertiary/aromatic N) is 2. The quantitative estimate of drug-likeness (QED) is 0.221. The van der Waals surface area contributed by atoms with E-state index in [2.05, 4.69) is 29.2 Å². The molecule has 112 valence electrons. The van der Waals surface area contributed by atoms with Gasteiger partial charge in [-0.05, 0) is 36.9 Å². The van der Waals surface area contributed by atoms with E-state index in [0.29, 0.717) is 12.1 Å². The van der Waals surface area contributed by atoms with Crippen LogP contribution in [-0.4, -0.2) is 42.1 Å². The molecule has 5 nitrogen and oxygen atoms in total. The highest BCUT2D eigenvalue weighted by Gasteiger charge is 2.05. The Morgan fingerprint density at radius 3 is 2.65 bits per heavy atom. The van der Waals surface area contributed by atoms with E-state index in [4.69, 9.17) is 10.9 Å². The smallest absolute Gasteiger partial charge is 0.170 e. The van der Waals surface area contributed by atoms with Gasteiger partial charge in [0.2, 0.25) is 0 Å². The monoisotopic (exact) mass is 282 g/mol. The third-order valence-corrected chi connectivity index (χ3v) is 3.19. The second-order valence-corrected chi connectivity index (χ2v) is 4.54. The summed E-state index contributed by atoms with van der Waals surface area (Å²) < 4.78 is 13.4. The number of nitrogens with two attached hydrogens (primary N) is 1. The van der Waals surface area contributed by atoms with Gasteiger partial charge < -0.3 is 21.2 Å². The molecule has 0 amide bonds. The molecule has 0 aliphatic heterocycles. The first-order valence-corrected chi connectivity index (χ1v) is 6.81. The molecule has 4 N–H and O–H groups in total. The van der Waals surface area contributed by atoms with Gasteiger partial charge in [-0.3, -0.25) is 0 Å². The van der Waals surface area contributed by atoms with E-state index in [9.17, 15) is 4.39 Å². The van der Waals surface area contributed by atoms with E-state index in [1.54, 1.807) is 6.07 Å². The zero-order valence-corrected chi connectivity index (χ0v) is 12.1. The number of oxime groups is 1. The predicted molar refractivity (Wildman–Crippen MR) is 78.4 cm³/mol. The van der Waals surface area contributed by atoms with Gasteiger partial charge in [0.15, 0.2) is 5.84 Å². The Kier molecular flexibility index (Phi) is 6.97. The number of rotatable bonds is 8. The van der Waals surface area contributed by atoms with Gasteiger partial charge in [-0.25, -0.2) is 4.39 Å². The van der Waals surface area contributed by atoms with Crippen molar-refractivity contribution in [3.8, 4) is 0 Å². The van der Waals surface area contributed by atoms with Crippen LogP contribution in [0.3, 0.4) is 0 Å². The highest BCUT2D eigenvalue weighted by atomic mass is 19.1. The van der Waals surface area contributed by atoms with Crippen LogP contribution >= 0.6 is 0 Å². The molecule has 0 unspecified atom stereocenters. The molecule has 0 aromatic heterocycles. The maximum Gasteiger partial charge on any atom is 0.170 e. The highest BCUT2D eigenvalue weighted by Crippen LogP contribution is 2.09. The molecular formula is C14H23FN4O. The van der Waals surface area contributed by atoms with E-state index in [0.717, 1.165) is 31.7 Å². The Balaban J connectivity index is 2.54. The fourth-order valence-corrected chi connectivity index (χ4v) is 1.97. The molecule has 0 saturated heterocycles. The maximum absolute atomic E-state index is 13.4. The number of benzene rings is 1. The number of hydrogen-bond donors (Lipinski definition) is 3. The van der Waals surface area contributed by atoms with Crippen molar-refractivity contribution >= 4 is 5.84 Å². The highest BCUT2D eigenvalue weighted by molar-refractivity contribution is 5.97. The average molecular weight is 282 g/mol. The Morgan fingerprint density at radius 2 is 2.05 bits per heavy atom. The summed E-state index contributed by atoms with van der Waals surface area (Å²) in [6, 6.07) is 4.40. The summed E-state index contributed by atoms with van der Waals surface area (Å²) in [5.74, 6) is -0.483. The van der Waals surface area contributed by atoms with E-state index >= 15 is 0 Å². The lowest BCUT2D eigenvalue weighted by Crippen LogP contribution is -2.31. The summed E-state index contributed by atoms with van der Waals surface area (Å²) in [7, 11) is 0. The molecule has 0 heterocycles. The minimum Gasteiger partial charge on any atom is -0.409 e. The van der Waals surface area contributed by atoms with Gasteiger partial charge in [0, 0.05) is 25.2 Å². The van der Waals surface area contributed by atoms with Crippen LogP contribution in [-0.2, 0) is 6.54 Å². The lowest BCUT2D eigenvalue weighted by atomic mass is 10.1. The summed E-state index contributed by atoms with van der Waals surface area (Å²) in [6.07, 6.45) is 0. The van der Waals surface area contributed by atoms with Crippen LogP contribution in [0.25, 0.3) is 0 Å². The second-order valence-electron chi connectivity index (χ2n) is 4.54. The van der Waals surface area contributed by atoms with Crippen molar-refractivity contribution in [2.75, 3.05) is 26.2 Å². The van der Waals surface area contributed by atoms with Gasteiger partial charge in [-0.1, -0.05) is 19.0 Å². The number of halogens is 1. The zero-order chi connectivity index (χ0) is 15.0. The molecule has 0 aliphatic carbocycles. The Hall–Kier alpha value is -1.66. The molecule has 0 fully saturated rings. The molecule has 0 radical (unpaired) electrons. The summed E-state index contributed by atoms with van der Waals surface area (Å²) in [5, 5.41) is 14.8. The van der Waals surface area contributed by atoms with E-state index < -0.39 is 5.82 Å². The van der Waals surface area contributed by atoms with Gasteiger partial charge in [0.05, 0.1) is 0 Å². The summed E-state index contributed by atoms with van der Waals surface area (Å²) in [5.41, 5.74) is 6.62. The molecular weight excluding hydrogens is 259 g/mol. The van der Waals surface area contributed by atoms with Crippen LogP contribution in [0.5, 0.6) is 0 Å². The Morgan fingerprint density at radius 1 is 1.35 bits per heavy atom. The molecule has 0 atom stereocenters. The van der Waals surface area contributed by atoms with Crippen LogP contribution in [0.15, 0.2) is 23.4 Å². The van der Waals surface area contributed by atoms with E-state index in [1.165, 1.54) is 12.1 Å². The normalized spacial score (nSPS) is 12.1. The number of amidine groups is 1. The minimum absolute atomic E-state index is 0.0890. The van der Waals surface area contributed by atoms with Crippen molar-refractivity contribution in [1.82, 2.24) is 10.2 Å². The summed E-state index contributed by atoms with van der Waals surface area (Å²) in [4.78, 5) is 2.31. The first kappa shape index (κ1) is 16.4. The van der Waals surface area contributed by atoms with Crippen molar-refractivity contribution in [2.45, 2.75) is 20.4 Å².